The first-order valence-corrected chi connectivity index (χ1v) is 8.26. The highest BCUT2D eigenvalue weighted by atomic mass is 32.1. The average molecular weight is 306 g/mol. The van der Waals surface area contributed by atoms with Crippen molar-refractivity contribution in [3.63, 3.8) is 0 Å². The molecule has 21 heavy (non-hydrogen) atoms. The van der Waals surface area contributed by atoms with Crippen molar-refractivity contribution >= 4 is 23.2 Å². The molecular formula is C14H22N6S. The minimum absolute atomic E-state index is 0.648. The van der Waals surface area contributed by atoms with Gasteiger partial charge in [0, 0.05) is 31.2 Å². The maximum absolute atomic E-state index is 4.59. The summed E-state index contributed by atoms with van der Waals surface area (Å²) in [5.41, 5.74) is 0. The van der Waals surface area contributed by atoms with Crippen LogP contribution in [-0.2, 0) is 6.42 Å². The number of nitrogens with one attached hydrogen (secondary N) is 1. The molecule has 0 aliphatic heterocycles. The quantitative estimate of drug-likeness (QED) is 0.808. The van der Waals surface area contributed by atoms with E-state index in [4.69, 9.17) is 0 Å². The largest absolute Gasteiger partial charge is 0.354 e. The van der Waals surface area contributed by atoms with Crippen LogP contribution in [0.1, 0.15) is 38.0 Å². The second-order valence-corrected chi connectivity index (χ2v) is 5.56. The van der Waals surface area contributed by atoms with E-state index in [2.05, 4.69) is 50.9 Å². The van der Waals surface area contributed by atoms with Crippen LogP contribution in [0.15, 0.2) is 11.6 Å². The third-order valence-electron chi connectivity index (χ3n) is 3.04. The maximum atomic E-state index is 4.59. The third kappa shape index (κ3) is 4.35. The lowest BCUT2D eigenvalue weighted by Gasteiger charge is -2.19. The molecule has 0 bridgehead atoms. The molecule has 7 heteroatoms. The molecule has 0 aliphatic rings. The summed E-state index contributed by atoms with van der Waals surface area (Å²) < 4.78 is 0. The van der Waals surface area contributed by atoms with Crippen molar-refractivity contribution in [3.05, 3.63) is 22.4 Å². The molecule has 6 nitrogen and oxygen atoms in total. The van der Waals surface area contributed by atoms with Gasteiger partial charge in [-0.05, 0) is 20.3 Å². The van der Waals surface area contributed by atoms with Gasteiger partial charge in [-0.2, -0.15) is 15.0 Å². The molecule has 0 unspecified atom stereocenters. The van der Waals surface area contributed by atoms with Crippen LogP contribution in [0, 0.1) is 0 Å². The summed E-state index contributed by atoms with van der Waals surface area (Å²) in [6.07, 6.45) is 3.49. The number of hydrogen-bond donors (Lipinski definition) is 1. The lowest BCUT2D eigenvalue weighted by atomic mass is 10.4. The molecule has 0 spiro atoms. The number of anilines is 2. The molecule has 0 amide bonds. The Kier molecular flexibility index (Phi) is 5.86. The van der Waals surface area contributed by atoms with E-state index in [1.54, 1.807) is 11.3 Å². The Hall–Kier alpha value is -1.76. The fourth-order valence-corrected chi connectivity index (χ4v) is 2.54. The number of thiazole rings is 1. The van der Waals surface area contributed by atoms with Gasteiger partial charge in [-0.1, -0.05) is 6.92 Å². The molecule has 0 aromatic carbocycles. The molecule has 2 aromatic rings. The monoisotopic (exact) mass is 306 g/mol. The van der Waals surface area contributed by atoms with Crippen LogP contribution < -0.4 is 10.2 Å². The predicted octanol–water partition coefficient (Wildman–Crippen LogP) is 2.59. The van der Waals surface area contributed by atoms with E-state index in [1.807, 2.05) is 11.6 Å². The fraction of sp³-hybridized carbons (Fsp3) is 0.571. The molecule has 0 saturated carbocycles. The van der Waals surface area contributed by atoms with Crippen LogP contribution >= 0.6 is 11.3 Å². The van der Waals surface area contributed by atoms with Crippen LogP contribution in [0.4, 0.5) is 11.9 Å². The second kappa shape index (κ2) is 7.87. The van der Waals surface area contributed by atoms with Gasteiger partial charge in [0.1, 0.15) is 10.8 Å². The average Bonchev–Trinajstić information content (AvgIpc) is 2.99. The van der Waals surface area contributed by atoms with Gasteiger partial charge in [0.25, 0.3) is 0 Å². The molecule has 2 aromatic heterocycles. The standard InChI is InChI=1S/C14H22N6S/c1-4-7-16-13-17-11(10-12-15-8-9-21-12)18-14(19-13)20(5-2)6-3/h8-9H,4-7,10H2,1-3H3,(H,16,17,18,19). The van der Waals surface area contributed by atoms with E-state index in [0.29, 0.717) is 12.4 Å². The van der Waals surface area contributed by atoms with Crippen molar-refractivity contribution in [1.82, 2.24) is 19.9 Å². The second-order valence-electron chi connectivity index (χ2n) is 4.58. The van der Waals surface area contributed by atoms with Gasteiger partial charge in [0.15, 0.2) is 0 Å². The summed E-state index contributed by atoms with van der Waals surface area (Å²) in [6.45, 7) is 8.95. The zero-order chi connectivity index (χ0) is 15.1. The van der Waals surface area contributed by atoms with Crippen molar-refractivity contribution in [2.45, 2.75) is 33.6 Å². The van der Waals surface area contributed by atoms with E-state index in [0.717, 1.165) is 42.8 Å². The first-order valence-electron chi connectivity index (χ1n) is 7.38. The van der Waals surface area contributed by atoms with Crippen LogP contribution in [0.25, 0.3) is 0 Å². The molecule has 2 rings (SSSR count). The van der Waals surface area contributed by atoms with Crippen LogP contribution in [0.3, 0.4) is 0 Å². The van der Waals surface area contributed by atoms with Gasteiger partial charge < -0.3 is 10.2 Å². The molecule has 0 radical (unpaired) electrons. The summed E-state index contributed by atoms with van der Waals surface area (Å²) in [4.78, 5) is 20.0. The van der Waals surface area contributed by atoms with Crippen molar-refractivity contribution < 1.29 is 0 Å². The van der Waals surface area contributed by atoms with Crippen LogP contribution in [-0.4, -0.2) is 39.6 Å². The van der Waals surface area contributed by atoms with E-state index >= 15 is 0 Å². The first-order chi connectivity index (χ1) is 10.3. The fourth-order valence-electron chi connectivity index (χ4n) is 1.93. The SMILES string of the molecule is CCCNc1nc(Cc2nccs2)nc(N(CC)CC)n1. The normalized spacial score (nSPS) is 10.6. The number of hydrogen-bond acceptors (Lipinski definition) is 7. The van der Waals surface area contributed by atoms with Crippen molar-refractivity contribution in [2.75, 3.05) is 29.9 Å². The lowest BCUT2D eigenvalue weighted by Crippen LogP contribution is -2.25. The highest BCUT2D eigenvalue weighted by molar-refractivity contribution is 7.09. The number of rotatable bonds is 8. The molecule has 114 valence electrons. The highest BCUT2D eigenvalue weighted by Gasteiger charge is 2.12. The summed E-state index contributed by atoms with van der Waals surface area (Å²) in [5.74, 6) is 2.15. The van der Waals surface area contributed by atoms with Crippen molar-refractivity contribution in [2.24, 2.45) is 0 Å². The Morgan fingerprint density at radius 2 is 1.95 bits per heavy atom. The highest BCUT2D eigenvalue weighted by Crippen LogP contribution is 2.14. The van der Waals surface area contributed by atoms with Crippen molar-refractivity contribution in [3.8, 4) is 0 Å². The van der Waals surface area contributed by atoms with Crippen LogP contribution in [0.2, 0.25) is 0 Å². The van der Waals surface area contributed by atoms with Gasteiger partial charge >= 0.3 is 0 Å². The van der Waals surface area contributed by atoms with Crippen molar-refractivity contribution in [1.29, 1.82) is 0 Å². The minimum Gasteiger partial charge on any atom is -0.354 e. The summed E-state index contributed by atoms with van der Waals surface area (Å²) >= 11 is 1.62. The summed E-state index contributed by atoms with van der Waals surface area (Å²) in [6, 6.07) is 0. The van der Waals surface area contributed by atoms with E-state index in [1.165, 1.54) is 0 Å². The Morgan fingerprint density at radius 1 is 1.14 bits per heavy atom. The molecule has 1 N–H and O–H groups in total. The zero-order valence-electron chi connectivity index (χ0n) is 12.8. The minimum atomic E-state index is 0.648. The summed E-state index contributed by atoms with van der Waals surface area (Å²) in [7, 11) is 0. The molecule has 0 saturated heterocycles. The zero-order valence-corrected chi connectivity index (χ0v) is 13.7. The predicted molar refractivity (Wildman–Crippen MR) is 87.1 cm³/mol. The number of nitrogens with zero attached hydrogens (tertiary/aromatic N) is 5. The lowest BCUT2D eigenvalue weighted by molar-refractivity contribution is 0.790. The van der Waals surface area contributed by atoms with Gasteiger partial charge in [0.05, 0.1) is 6.42 Å². The van der Waals surface area contributed by atoms with E-state index < -0.39 is 0 Å². The Morgan fingerprint density at radius 3 is 2.57 bits per heavy atom. The molecule has 2 heterocycles. The summed E-state index contributed by atoms with van der Waals surface area (Å²) in [5, 5.41) is 6.24. The van der Waals surface area contributed by atoms with Crippen LogP contribution in [0.5, 0.6) is 0 Å². The first kappa shape index (κ1) is 15.6. The maximum Gasteiger partial charge on any atom is 0.230 e. The molecular weight excluding hydrogens is 284 g/mol. The number of aromatic nitrogens is 4. The van der Waals surface area contributed by atoms with Gasteiger partial charge in [-0.3, -0.25) is 0 Å². The molecule has 0 aliphatic carbocycles. The van der Waals surface area contributed by atoms with Gasteiger partial charge in [-0.25, -0.2) is 4.98 Å². The molecule has 0 atom stereocenters. The Balaban J connectivity index is 2.27. The van der Waals surface area contributed by atoms with Gasteiger partial charge in [-0.15, -0.1) is 11.3 Å². The third-order valence-corrected chi connectivity index (χ3v) is 3.82. The van der Waals surface area contributed by atoms with Gasteiger partial charge in [0.2, 0.25) is 11.9 Å². The van der Waals surface area contributed by atoms with E-state index in [9.17, 15) is 0 Å². The topological polar surface area (TPSA) is 66.8 Å². The Labute approximate surface area is 129 Å². The smallest absolute Gasteiger partial charge is 0.230 e. The molecule has 0 fully saturated rings. The Bertz CT molecular complexity index is 538. The van der Waals surface area contributed by atoms with E-state index in [-0.39, 0.29) is 0 Å².